The minimum Gasteiger partial charge on any atom is -0.448 e. The van der Waals surface area contributed by atoms with Gasteiger partial charge in [0, 0.05) is 11.8 Å². The second-order valence-electron chi connectivity index (χ2n) is 7.02. The van der Waals surface area contributed by atoms with E-state index in [9.17, 15) is 30.3 Å². The molecule has 0 saturated carbocycles. The number of carbonyl (C=O) groups excluding carboxylic acids is 1. The Labute approximate surface area is 215 Å². The molecule has 1 N–H and O–H groups in total. The SMILES string of the molecule is Cc1ccccc1NC(=O)/C(C#N)=C/c1cc(Br)c(Oc2ccc([N+](=O)[O-])cc2[N+](=O)[O-])c(Br)c1. The van der Waals surface area contributed by atoms with Crippen LogP contribution >= 0.6 is 31.9 Å². The quantitative estimate of drug-likeness (QED) is 0.137. The molecule has 3 rings (SSSR count). The summed E-state index contributed by atoms with van der Waals surface area (Å²) >= 11 is 6.64. The topological polar surface area (TPSA) is 148 Å². The van der Waals surface area contributed by atoms with E-state index < -0.39 is 27.1 Å². The number of anilines is 1. The van der Waals surface area contributed by atoms with E-state index in [1.807, 2.05) is 25.1 Å². The molecule has 0 fully saturated rings. The first-order chi connectivity index (χ1) is 16.6. The molecule has 0 spiro atoms. The number of aryl methyl sites for hydroxylation is 1. The summed E-state index contributed by atoms with van der Waals surface area (Å²) in [5, 5.41) is 34.5. The van der Waals surface area contributed by atoms with E-state index in [1.54, 1.807) is 24.3 Å². The molecule has 0 aliphatic heterocycles. The van der Waals surface area contributed by atoms with Crippen LogP contribution in [0.1, 0.15) is 11.1 Å². The third-order valence-corrected chi connectivity index (χ3v) is 5.83. The van der Waals surface area contributed by atoms with Crippen LogP contribution in [0.15, 0.2) is 69.1 Å². The van der Waals surface area contributed by atoms with Crippen LogP contribution in [-0.2, 0) is 4.79 Å². The fraction of sp³-hybridized carbons (Fsp3) is 0.0435. The van der Waals surface area contributed by atoms with Gasteiger partial charge in [-0.15, -0.1) is 0 Å². The highest BCUT2D eigenvalue weighted by Gasteiger charge is 2.23. The Morgan fingerprint density at radius 2 is 1.71 bits per heavy atom. The van der Waals surface area contributed by atoms with Gasteiger partial charge < -0.3 is 10.1 Å². The van der Waals surface area contributed by atoms with E-state index in [0.717, 1.165) is 23.8 Å². The van der Waals surface area contributed by atoms with E-state index in [-0.39, 0.29) is 17.1 Å². The average molecular weight is 602 g/mol. The number of halogens is 2. The molecule has 0 atom stereocenters. The maximum absolute atomic E-state index is 12.6. The molecule has 3 aromatic carbocycles. The van der Waals surface area contributed by atoms with Crippen LogP contribution in [-0.4, -0.2) is 15.8 Å². The van der Waals surface area contributed by atoms with Gasteiger partial charge in [-0.1, -0.05) is 18.2 Å². The Hall–Kier alpha value is -4.08. The first-order valence-corrected chi connectivity index (χ1v) is 11.3. The van der Waals surface area contributed by atoms with E-state index in [2.05, 4.69) is 37.2 Å². The highest BCUT2D eigenvalue weighted by molar-refractivity contribution is 9.11. The number of ether oxygens (including phenoxy) is 1. The summed E-state index contributed by atoms with van der Waals surface area (Å²) in [7, 11) is 0. The number of rotatable bonds is 7. The maximum Gasteiger partial charge on any atom is 0.318 e. The summed E-state index contributed by atoms with van der Waals surface area (Å²) in [6.45, 7) is 1.83. The lowest BCUT2D eigenvalue weighted by molar-refractivity contribution is -0.394. The Kier molecular flexibility index (Phi) is 7.95. The monoisotopic (exact) mass is 600 g/mol. The summed E-state index contributed by atoms with van der Waals surface area (Å²) in [6.07, 6.45) is 1.38. The van der Waals surface area contributed by atoms with Gasteiger partial charge in [0.1, 0.15) is 11.6 Å². The number of non-ortho nitro benzene ring substituents is 1. The second-order valence-corrected chi connectivity index (χ2v) is 8.73. The number of nitro benzene ring substituents is 2. The minimum absolute atomic E-state index is 0.147. The largest absolute Gasteiger partial charge is 0.448 e. The first-order valence-electron chi connectivity index (χ1n) is 9.69. The molecular weight excluding hydrogens is 588 g/mol. The molecule has 176 valence electrons. The van der Waals surface area contributed by atoms with E-state index >= 15 is 0 Å². The van der Waals surface area contributed by atoms with Crippen molar-refractivity contribution in [1.29, 1.82) is 5.26 Å². The lowest BCUT2D eigenvalue weighted by Gasteiger charge is -2.12. The van der Waals surface area contributed by atoms with Gasteiger partial charge in [-0.25, -0.2) is 0 Å². The average Bonchev–Trinajstić information content (AvgIpc) is 2.81. The number of hydrogen-bond donors (Lipinski definition) is 1. The van der Waals surface area contributed by atoms with Gasteiger partial charge in [0.05, 0.1) is 24.9 Å². The Morgan fingerprint density at radius 3 is 2.29 bits per heavy atom. The Balaban J connectivity index is 1.91. The van der Waals surface area contributed by atoms with Crippen molar-refractivity contribution in [2.75, 3.05) is 5.32 Å². The molecule has 0 radical (unpaired) electrons. The van der Waals surface area contributed by atoms with Crippen LogP contribution in [0.2, 0.25) is 0 Å². The van der Waals surface area contributed by atoms with Crippen molar-refractivity contribution in [3.63, 3.8) is 0 Å². The smallest absolute Gasteiger partial charge is 0.318 e. The maximum atomic E-state index is 12.6. The third kappa shape index (κ3) is 6.08. The fourth-order valence-electron chi connectivity index (χ4n) is 2.94. The van der Waals surface area contributed by atoms with Crippen molar-refractivity contribution < 1.29 is 19.4 Å². The van der Waals surface area contributed by atoms with Gasteiger partial charge in [0.25, 0.3) is 11.6 Å². The number of hydrogen-bond acceptors (Lipinski definition) is 7. The van der Waals surface area contributed by atoms with Crippen LogP contribution in [0.25, 0.3) is 6.08 Å². The molecule has 0 unspecified atom stereocenters. The summed E-state index contributed by atoms with van der Waals surface area (Å²) in [6, 6.07) is 15.1. The molecule has 12 heteroatoms. The highest BCUT2D eigenvalue weighted by Crippen LogP contribution is 2.41. The molecule has 0 aliphatic rings. The molecule has 0 heterocycles. The zero-order chi connectivity index (χ0) is 25.7. The number of nitro groups is 2. The summed E-state index contributed by atoms with van der Waals surface area (Å²) in [5.41, 5.74) is 0.703. The van der Waals surface area contributed by atoms with E-state index in [1.165, 1.54) is 6.08 Å². The Bertz CT molecular complexity index is 1410. The third-order valence-electron chi connectivity index (χ3n) is 4.65. The zero-order valence-corrected chi connectivity index (χ0v) is 21.0. The van der Waals surface area contributed by atoms with Gasteiger partial charge >= 0.3 is 5.69 Å². The minimum atomic E-state index is -0.784. The number of nitrogens with zero attached hydrogens (tertiary/aromatic N) is 3. The molecule has 0 bridgehead atoms. The van der Waals surface area contributed by atoms with Gasteiger partial charge in [-0.05, 0) is 80.3 Å². The lowest BCUT2D eigenvalue weighted by atomic mass is 10.1. The summed E-state index contributed by atoms with van der Waals surface area (Å²) in [5.74, 6) is -0.640. The van der Waals surface area contributed by atoms with E-state index in [4.69, 9.17) is 4.74 Å². The number of benzene rings is 3. The Morgan fingerprint density at radius 1 is 1.06 bits per heavy atom. The fourth-order valence-corrected chi connectivity index (χ4v) is 4.32. The molecule has 1 amide bonds. The molecule has 3 aromatic rings. The number of carbonyl (C=O) groups is 1. The molecule has 0 aliphatic carbocycles. The standard InChI is InChI=1S/C23H14Br2N4O6/c1-13-4-2-3-5-19(13)27-23(30)15(12-26)8-14-9-17(24)22(18(25)10-14)35-21-7-6-16(28(31)32)11-20(21)29(33)34/h2-11H,1H3,(H,27,30)/b15-8+. The number of para-hydroxylation sites is 1. The van der Waals surface area contributed by atoms with Crippen molar-refractivity contribution in [1.82, 2.24) is 0 Å². The molecule has 0 aromatic heterocycles. The molecule has 35 heavy (non-hydrogen) atoms. The number of nitriles is 1. The van der Waals surface area contributed by atoms with Crippen LogP contribution in [0.3, 0.4) is 0 Å². The first kappa shape index (κ1) is 25.5. The zero-order valence-electron chi connectivity index (χ0n) is 17.8. The van der Waals surface area contributed by atoms with Gasteiger partial charge in [0.15, 0.2) is 5.75 Å². The van der Waals surface area contributed by atoms with Gasteiger partial charge in [-0.2, -0.15) is 5.26 Å². The van der Waals surface area contributed by atoms with Crippen LogP contribution in [0, 0.1) is 38.5 Å². The number of nitrogens with one attached hydrogen (secondary N) is 1. The molecule has 0 saturated heterocycles. The lowest BCUT2D eigenvalue weighted by Crippen LogP contribution is -2.14. The summed E-state index contributed by atoms with van der Waals surface area (Å²) < 4.78 is 6.37. The van der Waals surface area contributed by atoms with Crippen LogP contribution in [0.4, 0.5) is 17.1 Å². The number of amides is 1. The molecular formula is C23H14Br2N4O6. The van der Waals surface area contributed by atoms with Crippen LogP contribution < -0.4 is 10.1 Å². The van der Waals surface area contributed by atoms with Crippen molar-refractivity contribution in [3.8, 4) is 17.6 Å². The van der Waals surface area contributed by atoms with Crippen LogP contribution in [0.5, 0.6) is 11.5 Å². The second kappa shape index (κ2) is 10.9. The van der Waals surface area contributed by atoms with Crippen molar-refractivity contribution in [2.24, 2.45) is 0 Å². The van der Waals surface area contributed by atoms with Gasteiger partial charge in [-0.3, -0.25) is 25.0 Å². The van der Waals surface area contributed by atoms with Crippen molar-refractivity contribution in [2.45, 2.75) is 6.92 Å². The highest BCUT2D eigenvalue weighted by atomic mass is 79.9. The predicted octanol–water partition coefficient (Wildman–Crippen LogP) is 6.67. The normalized spacial score (nSPS) is 10.9. The van der Waals surface area contributed by atoms with Gasteiger partial charge in [0.2, 0.25) is 5.75 Å². The van der Waals surface area contributed by atoms with E-state index in [0.29, 0.717) is 20.2 Å². The predicted molar refractivity (Wildman–Crippen MR) is 135 cm³/mol. The van der Waals surface area contributed by atoms with Crippen molar-refractivity contribution in [3.05, 3.63) is 100 Å². The van der Waals surface area contributed by atoms with Crippen molar-refractivity contribution >= 4 is 60.9 Å². The molecule has 10 nitrogen and oxygen atoms in total. The summed E-state index contributed by atoms with van der Waals surface area (Å²) in [4.78, 5) is 33.4.